The van der Waals surface area contributed by atoms with Gasteiger partial charge in [-0.05, 0) is 17.6 Å². The number of hydrogen-bond acceptors (Lipinski definition) is 3. The zero-order chi connectivity index (χ0) is 7.40. The van der Waals surface area contributed by atoms with Gasteiger partial charge >= 0.3 is 8.18 Å². The van der Waals surface area contributed by atoms with Crippen LogP contribution in [-0.2, 0) is 4.57 Å². The van der Waals surface area contributed by atoms with E-state index >= 15 is 0 Å². The number of nitrogens with zero attached hydrogens (tertiary/aromatic N) is 1. The molecule has 1 aliphatic heterocycles. The Bertz CT molecular complexity index is 123. The molecule has 1 unspecified atom stereocenters. The summed E-state index contributed by atoms with van der Waals surface area (Å²) in [5.74, 6) is 0. The van der Waals surface area contributed by atoms with Crippen LogP contribution in [0.1, 0.15) is 19.3 Å². The fraction of sp³-hybridized carbons (Fsp3) is 1.00. The van der Waals surface area contributed by atoms with Crippen molar-refractivity contribution in [3.63, 3.8) is 0 Å². The standard InChI is InChI=1S/C5H11N2O2P/c8-10(9)7-5-3-1-2-4-6-7/h6H,1-5H2. The first-order chi connectivity index (χ1) is 4.80. The predicted octanol–water partition coefficient (Wildman–Crippen LogP) is -0.00540. The third-order valence-corrected chi connectivity index (χ3v) is 2.27. The molecule has 0 radical (unpaired) electrons. The van der Waals surface area contributed by atoms with Crippen LogP contribution in [0.15, 0.2) is 0 Å². The number of hydrogen-bond donors (Lipinski definition) is 1. The predicted molar refractivity (Wildman–Crippen MR) is 36.2 cm³/mol. The highest BCUT2D eigenvalue weighted by Crippen LogP contribution is 2.16. The van der Waals surface area contributed by atoms with Crippen LogP contribution in [0.5, 0.6) is 0 Å². The van der Waals surface area contributed by atoms with Gasteiger partial charge in [0.05, 0.1) is 6.54 Å². The first kappa shape index (κ1) is 8.08. The second-order valence-electron chi connectivity index (χ2n) is 2.33. The fourth-order valence-corrected chi connectivity index (χ4v) is 1.51. The van der Waals surface area contributed by atoms with Crippen LogP contribution >= 0.6 is 8.18 Å². The van der Waals surface area contributed by atoms with Gasteiger partial charge in [-0.2, -0.15) is 0 Å². The molecule has 10 heavy (non-hydrogen) atoms. The lowest BCUT2D eigenvalue weighted by Crippen LogP contribution is -2.33. The molecule has 0 bridgehead atoms. The lowest BCUT2D eigenvalue weighted by molar-refractivity contribution is -0.177. The van der Waals surface area contributed by atoms with Gasteiger partial charge in [-0.15, -0.1) is 0 Å². The largest absolute Gasteiger partial charge is 0.577 e. The van der Waals surface area contributed by atoms with Crippen molar-refractivity contribution in [2.75, 3.05) is 13.1 Å². The number of rotatable bonds is 1. The molecular formula is C5H11N2O2P. The Morgan fingerprint density at radius 2 is 2.20 bits per heavy atom. The maximum absolute atomic E-state index is 10.4. The number of nitrogens with one attached hydrogen (secondary N) is 1. The molecule has 5 heteroatoms. The molecule has 1 atom stereocenters. The zero-order valence-electron chi connectivity index (χ0n) is 5.75. The monoisotopic (exact) mass is 162 g/mol. The van der Waals surface area contributed by atoms with Crippen molar-refractivity contribution in [3.05, 3.63) is 0 Å². The summed E-state index contributed by atoms with van der Waals surface area (Å²) in [4.78, 5) is 10.4. The lowest BCUT2D eigenvalue weighted by atomic mass is 10.2. The van der Waals surface area contributed by atoms with E-state index in [1.165, 1.54) is 4.78 Å². The van der Waals surface area contributed by atoms with Gasteiger partial charge in [-0.1, -0.05) is 11.0 Å². The Morgan fingerprint density at radius 3 is 2.90 bits per heavy atom. The maximum Gasteiger partial charge on any atom is 0.426 e. The molecule has 0 spiro atoms. The summed E-state index contributed by atoms with van der Waals surface area (Å²) >= 11 is 0. The second-order valence-corrected chi connectivity index (χ2v) is 3.29. The van der Waals surface area contributed by atoms with Gasteiger partial charge in [-0.25, -0.2) is 5.43 Å². The minimum absolute atomic E-state index is 0.624. The summed E-state index contributed by atoms with van der Waals surface area (Å²) in [7, 11) is -2.41. The van der Waals surface area contributed by atoms with E-state index < -0.39 is 8.18 Å². The van der Waals surface area contributed by atoms with Gasteiger partial charge in [-0.3, -0.25) is 0 Å². The van der Waals surface area contributed by atoms with Crippen LogP contribution < -0.4 is 10.3 Å². The molecule has 0 amide bonds. The van der Waals surface area contributed by atoms with Gasteiger partial charge in [0, 0.05) is 6.54 Å². The van der Waals surface area contributed by atoms with Crippen LogP contribution in [0.25, 0.3) is 0 Å². The van der Waals surface area contributed by atoms with Crippen molar-refractivity contribution in [1.29, 1.82) is 0 Å². The first-order valence-corrected chi connectivity index (χ1v) is 4.59. The van der Waals surface area contributed by atoms with Crippen LogP contribution in [0, 0.1) is 0 Å². The highest BCUT2D eigenvalue weighted by molar-refractivity contribution is 7.33. The Balaban J connectivity index is 2.35. The van der Waals surface area contributed by atoms with Crippen molar-refractivity contribution in [1.82, 2.24) is 10.2 Å². The van der Waals surface area contributed by atoms with Crippen LogP contribution in [-0.4, -0.2) is 17.9 Å². The Labute approximate surface area is 61.1 Å². The minimum Gasteiger partial charge on any atom is -0.577 e. The molecule has 58 valence electrons. The molecule has 1 N–H and O–H groups in total. The highest BCUT2D eigenvalue weighted by Gasteiger charge is 2.17. The van der Waals surface area contributed by atoms with Crippen molar-refractivity contribution >= 4 is 8.18 Å². The molecule has 1 heterocycles. The van der Waals surface area contributed by atoms with Gasteiger partial charge in [0.1, 0.15) is 0 Å². The molecule has 1 aliphatic rings. The van der Waals surface area contributed by atoms with Crippen LogP contribution in [0.3, 0.4) is 0 Å². The SMILES string of the molecule is O=[P+]([O-])N1CCCCCN1. The summed E-state index contributed by atoms with van der Waals surface area (Å²) < 4.78 is 11.7. The lowest BCUT2D eigenvalue weighted by Gasteiger charge is -2.08. The molecule has 1 rings (SSSR count). The van der Waals surface area contributed by atoms with Crippen LogP contribution in [0.2, 0.25) is 0 Å². The van der Waals surface area contributed by atoms with Crippen molar-refractivity contribution in [2.45, 2.75) is 19.3 Å². The van der Waals surface area contributed by atoms with E-state index in [2.05, 4.69) is 5.43 Å². The Kier molecular flexibility index (Phi) is 3.22. The summed E-state index contributed by atoms with van der Waals surface area (Å²) in [6.07, 6.45) is 3.16. The third kappa shape index (κ3) is 2.31. The molecule has 0 aliphatic carbocycles. The molecule has 0 aromatic rings. The van der Waals surface area contributed by atoms with Crippen molar-refractivity contribution < 1.29 is 9.46 Å². The average Bonchev–Trinajstić information content (AvgIpc) is 2.12. The quantitative estimate of drug-likeness (QED) is 0.551. The molecule has 4 nitrogen and oxygen atoms in total. The molecule has 1 saturated heterocycles. The van der Waals surface area contributed by atoms with Gasteiger partial charge in [0.25, 0.3) is 0 Å². The van der Waals surface area contributed by atoms with E-state index in [0.717, 1.165) is 25.8 Å². The Morgan fingerprint density at radius 1 is 1.40 bits per heavy atom. The molecular weight excluding hydrogens is 151 g/mol. The van der Waals surface area contributed by atoms with Crippen molar-refractivity contribution in [2.24, 2.45) is 0 Å². The molecule has 0 saturated carbocycles. The van der Waals surface area contributed by atoms with E-state index in [0.29, 0.717) is 6.54 Å². The van der Waals surface area contributed by atoms with Gasteiger partial charge in [0.15, 0.2) is 0 Å². The molecule has 1 fully saturated rings. The topological polar surface area (TPSA) is 55.4 Å². The third-order valence-electron chi connectivity index (χ3n) is 1.54. The summed E-state index contributed by atoms with van der Waals surface area (Å²) in [6, 6.07) is 0. The zero-order valence-corrected chi connectivity index (χ0v) is 6.64. The van der Waals surface area contributed by atoms with Crippen LogP contribution in [0.4, 0.5) is 0 Å². The normalized spacial score (nSPS) is 23.9. The maximum atomic E-state index is 10.4. The van der Waals surface area contributed by atoms with E-state index in [4.69, 9.17) is 0 Å². The van der Waals surface area contributed by atoms with Gasteiger partial charge < -0.3 is 4.89 Å². The van der Waals surface area contributed by atoms with E-state index in [9.17, 15) is 9.46 Å². The molecule has 0 aromatic carbocycles. The highest BCUT2D eigenvalue weighted by atomic mass is 31.1. The van der Waals surface area contributed by atoms with E-state index in [-0.39, 0.29) is 0 Å². The van der Waals surface area contributed by atoms with Crippen molar-refractivity contribution in [3.8, 4) is 0 Å². The summed E-state index contributed by atoms with van der Waals surface area (Å²) in [5.41, 5.74) is 2.82. The minimum atomic E-state index is -2.41. The van der Waals surface area contributed by atoms with E-state index in [1.54, 1.807) is 0 Å². The first-order valence-electron chi connectivity index (χ1n) is 3.46. The Hall–Kier alpha value is -0.0200. The smallest absolute Gasteiger partial charge is 0.426 e. The van der Waals surface area contributed by atoms with Gasteiger partial charge in [0.2, 0.25) is 0 Å². The fourth-order valence-electron chi connectivity index (χ4n) is 0.990. The molecule has 0 aromatic heterocycles. The van der Waals surface area contributed by atoms with E-state index in [1.807, 2.05) is 0 Å². The summed E-state index contributed by atoms with van der Waals surface area (Å²) in [5, 5.41) is 0. The number of hydrazine groups is 1. The summed E-state index contributed by atoms with van der Waals surface area (Å²) in [6.45, 7) is 1.40. The average molecular weight is 162 g/mol. The second kappa shape index (κ2) is 3.98.